The van der Waals surface area contributed by atoms with Gasteiger partial charge < -0.3 is 20.6 Å². The molecule has 0 saturated heterocycles. The summed E-state index contributed by atoms with van der Waals surface area (Å²) in [6, 6.07) is -0.400. The lowest BCUT2D eigenvalue weighted by molar-refractivity contribution is 0.243. The average molecular weight is 317 g/mol. The molecule has 6 nitrogen and oxygen atoms in total. The van der Waals surface area contributed by atoms with Crippen LogP contribution in [-0.2, 0) is 0 Å². The summed E-state index contributed by atoms with van der Waals surface area (Å²) < 4.78 is 0. The summed E-state index contributed by atoms with van der Waals surface area (Å²) in [5.74, 6) is 0. The number of hydrogen-bond acceptors (Lipinski definition) is 2. The standard InChI is InChI=1S/C14H32N4O2Si/c1-5-7-9-11-15-13(19)17-21(3,4)18-14(20)16-12-10-8-6-2/h5-12H2,1-4H3,(H2,15,17,19)(H2,16,18,20). The molecule has 4 N–H and O–H groups in total. The predicted octanol–water partition coefficient (Wildman–Crippen LogP) is 2.67. The number of unbranched alkanes of at least 4 members (excludes halogenated alkanes) is 4. The van der Waals surface area contributed by atoms with Crippen LogP contribution in [0.1, 0.15) is 52.4 Å². The van der Waals surface area contributed by atoms with Crippen molar-refractivity contribution < 1.29 is 9.59 Å². The van der Waals surface area contributed by atoms with Crippen LogP contribution in [-0.4, -0.2) is 33.5 Å². The normalized spacial score (nSPS) is 10.9. The largest absolute Gasteiger partial charge is 0.347 e. The van der Waals surface area contributed by atoms with Crippen LogP contribution in [0.3, 0.4) is 0 Å². The number of amides is 4. The quantitative estimate of drug-likeness (QED) is 0.369. The molecule has 0 heterocycles. The second-order valence-corrected chi connectivity index (χ2v) is 9.55. The van der Waals surface area contributed by atoms with Gasteiger partial charge in [-0.15, -0.1) is 0 Å². The minimum atomic E-state index is -2.29. The first kappa shape index (κ1) is 19.8. The van der Waals surface area contributed by atoms with Crippen molar-refractivity contribution in [2.45, 2.75) is 65.5 Å². The van der Waals surface area contributed by atoms with Gasteiger partial charge in [0.15, 0.2) is 0 Å². The minimum absolute atomic E-state index is 0.200. The maximum Gasteiger partial charge on any atom is 0.308 e. The Balaban J connectivity index is 3.89. The summed E-state index contributed by atoms with van der Waals surface area (Å²) in [5, 5.41) is 5.64. The predicted molar refractivity (Wildman–Crippen MR) is 89.6 cm³/mol. The van der Waals surface area contributed by atoms with E-state index in [-0.39, 0.29) is 12.1 Å². The molecule has 0 aromatic rings. The van der Waals surface area contributed by atoms with Gasteiger partial charge in [0.1, 0.15) is 0 Å². The van der Waals surface area contributed by atoms with Gasteiger partial charge in [-0.25, -0.2) is 9.59 Å². The van der Waals surface area contributed by atoms with Crippen LogP contribution in [0.5, 0.6) is 0 Å². The van der Waals surface area contributed by atoms with E-state index < -0.39 is 8.40 Å². The Morgan fingerprint density at radius 3 is 1.48 bits per heavy atom. The molecule has 0 bridgehead atoms. The van der Waals surface area contributed by atoms with E-state index in [0.717, 1.165) is 38.5 Å². The molecule has 0 radical (unpaired) electrons. The molecule has 0 unspecified atom stereocenters. The SMILES string of the molecule is CCCCCNC(=O)N[Si](C)(C)NC(=O)NCCCCC. The Bertz CT molecular complexity index is 283. The summed E-state index contributed by atoms with van der Waals surface area (Å²) in [7, 11) is -2.29. The van der Waals surface area contributed by atoms with Gasteiger partial charge >= 0.3 is 12.1 Å². The van der Waals surface area contributed by atoms with Crippen LogP contribution in [0.15, 0.2) is 0 Å². The van der Waals surface area contributed by atoms with Gasteiger partial charge in [0.05, 0.1) is 0 Å². The molecule has 0 aliphatic rings. The lowest BCUT2D eigenvalue weighted by Crippen LogP contribution is -2.64. The number of rotatable bonds is 10. The lowest BCUT2D eigenvalue weighted by atomic mass is 10.2. The number of urea groups is 2. The Morgan fingerprint density at radius 1 is 0.762 bits per heavy atom. The molecule has 0 aliphatic carbocycles. The Morgan fingerprint density at radius 2 is 1.14 bits per heavy atom. The third-order valence-corrected chi connectivity index (χ3v) is 4.69. The van der Waals surface area contributed by atoms with Crippen molar-refractivity contribution in [1.29, 1.82) is 0 Å². The van der Waals surface area contributed by atoms with E-state index in [1.54, 1.807) is 0 Å². The van der Waals surface area contributed by atoms with Gasteiger partial charge in [-0.2, -0.15) is 0 Å². The minimum Gasteiger partial charge on any atom is -0.347 e. The van der Waals surface area contributed by atoms with Crippen LogP contribution in [0, 0.1) is 0 Å². The zero-order valence-electron chi connectivity index (χ0n) is 14.0. The first-order valence-electron chi connectivity index (χ1n) is 8.03. The summed E-state index contributed by atoms with van der Waals surface area (Å²) in [5.41, 5.74) is 0. The molecule has 0 aromatic carbocycles. The summed E-state index contributed by atoms with van der Waals surface area (Å²) >= 11 is 0. The fourth-order valence-corrected chi connectivity index (χ4v) is 3.22. The van der Waals surface area contributed by atoms with Crippen LogP contribution >= 0.6 is 0 Å². The number of carbonyl (C=O) groups excluding carboxylic acids is 2. The van der Waals surface area contributed by atoms with E-state index in [9.17, 15) is 9.59 Å². The van der Waals surface area contributed by atoms with Crippen LogP contribution in [0.2, 0.25) is 13.1 Å². The molecular weight excluding hydrogens is 284 g/mol. The van der Waals surface area contributed by atoms with Gasteiger partial charge in [-0.05, 0) is 25.9 Å². The Labute approximate surface area is 130 Å². The van der Waals surface area contributed by atoms with Crippen molar-refractivity contribution in [2.24, 2.45) is 0 Å². The van der Waals surface area contributed by atoms with Crippen LogP contribution in [0.4, 0.5) is 9.59 Å². The molecule has 21 heavy (non-hydrogen) atoms. The smallest absolute Gasteiger partial charge is 0.308 e. The molecule has 0 aromatic heterocycles. The van der Waals surface area contributed by atoms with Crippen molar-refractivity contribution in [3.63, 3.8) is 0 Å². The van der Waals surface area contributed by atoms with E-state index in [0.29, 0.717) is 13.1 Å². The van der Waals surface area contributed by atoms with Crippen LogP contribution in [0.25, 0.3) is 0 Å². The highest BCUT2D eigenvalue weighted by molar-refractivity contribution is 6.76. The molecule has 0 atom stereocenters. The van der Waals surface area contributed by atoms with Crippen LogP contribution < -0.4 is 20.6 Å². The number of nitrogens with one attached hydrogen (secondary N) is 4. The Kier molecular flexibility index (Phi) is 10.7. The number of carbonyl (C=O) groups is 2. The second-order valence-electron chi connectivity index (χ2n) is 5.80. The second kappa shape index (κ2) is 11.4. The molecule has 0 aliphatic heterocycles. The van der Waals surface area contributed by atoms with E-state index in [1.165, 1.54) is 0 Å². The zero-order chi connectivity index (χ0) is 16.1. The topological polar surface area (TPSA) is 82.3 Å². The highest BCUT2D eigenvalue weighted by Crippen LogP contribution is 1.94. The van der Waals surface area contributed by atoms with E-state index in [4.69, 9.17) is 0 Å². The summed E-state index contributed by atoms with van der Waals surface area (Å²) in [6.07, 6.45) is 6.44. The Hall–Kier alpha value is -1.24. The maximum absolute atomic E-state index is 11.7. The highest BCUT2D eigenvalue weighted by atomic mass is 28.3. The average Bonchev–Trinajstić information content (AvgIpc) is 2.38. The molecule has 4 amide bonds. The molecular formula is C14H32N4O2Si. The lowest BCUT2D eigenvalue weighted by Gasteiger charge is -2.24. The van der Waals surface area contributed by atoms with Gasteiger partial charge in [0.25, 0.3) is 8.40 Å². The van der Waals surface area contributed by atoms with Gasteiger partial charge in [-0.3, -0.25) is 0 Å². The van der Waals surface area contributed by atoms with Crippen molar-refractivity contribution in [1.82, 2.24) is 20.6 Å². The first-order chi connectivity index (χ1) is 9.91. The maximum atomic E-state index is 11.7. The zero-order valence-corrected chi connectivity index (χ0v) is 15.0. The number of hydrogen-bond donors (Lipinski definition) is 4. The third-order valence-electron chi connectivity index (χ3n) is 2.98. The highest BCUT2D eigenvalue weighted by Gasteiger charge is 2.26. The monoisotopic (exact) mass is 316 g/mol. The van der Waals surface area contributed by atoms with Crippen molar-refractivity contribution in [3.8, 4) is 0 Å². The van der Waals surface area contributed by atoms with E-state index in [2.05, 4.69) is 34.4 Å². The molecule has 0 saturated carbocycles. The van der Waals surface area contributed by atoms with Crippen molar-refractivity contribution in [3.05, 3.63) is 0 Å². The van der Waals surface area contributed by atoms with E-state index >= 15 is 0 Å². The molecule has 0 rings (SSSR count). The van der Waals surface area contributed by atoms with Crippen molar-refractivity contribution in [2.75, 3.05) is 13.1 Å². The fraction of sp³-hybridized carbons (Fsp3) is 0.857. The first-order valence-corrected chi connectivity index (χ1v) is 11.0. The van der Waals surface area contributed by atoms with E-state index in [1.807, 2.05) is 13.1 Å². The molecule has 124 valence electrons. The molecule has 7 heteroatoms. The van der Waals surface area contributed by atoms with Crippen molar-refractivity contribution >= 4 is 20.5 Å². The van der Waals surface area contributed by atoms with Gasteiger partial charge in [0, 0.05) is 13.1 Å². The fourth-order valence-electron chi connectivity index (χ4n) is 1.84. The van der Waals surface area contributed by atoms with Gasteiger partial charge in [0.2, 0.25) is 0 Å². The summed E-state index contributed by atoms with van der Waals surface area (Å²) in [4.78, 5) is 29.3. The third kappa shape index (κ3) is 12.2. The molecule has 0 spiro atoms. The molecule has 0 fully saturated rings. The van der Waals surface area contributed by atoms with Gasteiger partial charge in [-0.1, -0.05) is 39.5 Å². The summed E-state index contributed by atoms with van der Waals surface area (Å²) in [6.45, 7) is 9.38.